The maximum atomic E-state index is 11.8. The number of nitro groups is 1. The van der Waals surface area contributed by atoms with Crippen molar-refractivity contribution in [3.8, 4) is 6.07 Å². The Morgan fingerprint density at radius 3 is 2.90 bits per heavy atom. The number of nitro benzene ring substituents is 1. The molecule has 0 aliphatic heterocycles. The number of non-ortho nitro benzene ring substituents is 1. The standard InChI is InChI=1S/C12H8BrN5O3/c13-9-5-15-17(6-9)7-12(19)16-11-2-1-10(18(20)21)3-8(11)4-14/h1-3,5-6H,7H2,(H,16,19). The van der Waals surface area contributed by atoms with Crippen molar-refractivity contribution in [2.24, 2.45) is 0 Å². The van der Waals surface area contributed by atoms with Gasteiger partial charge in [0.1, 0.15) is 12.6 Å². The van der Waals surface area contributed by atoms with E-state index in [0.717, 1.165) is 10.5 Å². The second kappa shape index (κ2) is 6.15. The van der Waals surface area contributed by atoms with Crippen LogP contribution in [0.1, 0.15) is 5.56 Å². The van der Waals surface area contributed by atoms with E-state index in [1.165, 1.54) is 16.8 Å². The molecule has 9 heteroatoms. The third-order valence-electron chi connectivity index (χ3n) is 2.52. The summed E-state index contributed by atoms with van der Waals surface area (Å²) in [5.41, 5.74) is 0.0408. The number of aromatic nitrogens is 2. The molecule has 0 saturated heterocycles. The fourth-order valence-electron chi connectivity index (χ4n) is 1.61. The minimum atomic E-state index is -0.603. The lowest BCUT2D eigenvalue weighted by molar-refractivity contribution is -0.384. The number of hydrogen-bond donors (Lipinski definition) is 1. The Kier molecular flexibility index (Phi) is 4.30. The number of anilines is 1. The topological polar surface area (TPSA) is 114 Å². The van der Waals surface area contributed by atoms with E-state index >= 15 is 0 Å². The van der Waals surface area contributed by atoms with Gasteiger partial charge in [-0.3, -0.25) is 19.6 Å². The summed E-state index contributed by atoms with van der Waals surface area (Å²) in [5.74, 6) is -0.393. The smallest absolute Gasteiger partial charge is 0.270 e. The Morgan fingerprint density at radius 1 is 1.57 bits per heavy atom. The van der Waals surface area contributed by atoms with Gasteiger partial charge < -0.3 is 5.32 Å². The molecule has 0 spiro atoms. The Bertz CT molecular complexity index is 750. The predicted molar refractivity (Wildman–Crippen MR) is 76.4 cm³/mol. The predicted octanol–water partition coefficient (Wildman–Crippen LogP) is 2.06. The molecule has 0 saturated carbocycles. The van der Waals surface area contributed by atoms with Crippen molar-refractivity contribution in [1.29, 1.82) is 5.26 Å². The van der Waals surface area contributed by atoms with Crippen LogP contribution in [0.15, 0.2) is 35.1 Å². The van der Waals surface area contributed by atoms with E-state index in [9.17, 15) is 14.9 Å². The summed E-state index contributed by atoms with van der Waals surface area (Å²) in [5, 5.41) is 26.1. The molecule has 0 aliphatic rings. The van der Waals surface area contributed by atoms with Crippen LogP contribution < -0.4 is 5.32 Å². The zero-order valence-electron chi connectivity index (χ0n) is 10.5. The first-order chi connectivity index (χ1) is 9.99. The molecule has 2 aromatic rings. The highest BCUT2D eigenvalue weighted by Gasteiger charge is 2.13. The molecule has 1 aromatic carbocycles. The molecule has 0 unspecified atom stereocenters. The van der Waals surface area contributed by atoms with Crippen LogP contribution in [-0.4, -0.2) is 20.6 Å². The normalized spacial score (nSPS) is 9.90. The lowest BCUT2D eigenvalue weighted by Crippen LogP contribution is -2.19. The van der Waals surface area contributed by atoms with E-state index in [2.05, 4.69) is 26.3 Å². The van der Waals surface area contributed by atoms with Crippen LogP contribution >= 0.6 is 15.9 Å². The van der Waals surface area contributed by atoms with Crippen molar-refractivity contribution in [2.45, 2.75) is 6.54 Å². The van der Waals surface area contributed by atoms with E-state index in [4.69, 9.17) is 5.26 Å². The monoisotopic (exact) mass is 349 g/mol. The Balaban J connectivity index is 2.14. The maximum Gasteiger partial charge on any atom is 0.270 e. The van der Waals surface area contributed by atoms with Gasteiger partial charge in [-0.05, 0) is 22.0 Å². The van der Waals surface area contributed by atoms with E-state index < -0.39 is 10.8 Å². The van der Waals surface area contributed by atoms with E-state index in [1.807, 2.05) is 6.07 Å². The van der Waals surface area contributed by atoms with Crippen LogP contribution in [0.5, 0.6) is 0 Å². The van der Waals surface area contributed by atoms with Crippen molar-refractivity contribution < 1.29 is 9.72 Å². The average Bonchev–Trinajstić information content (AvgIpc) is 2.84. The fourth-order valence-corrected chi connectivity index (χ4v) is 1.94. The number of rotatable bonds is 4. The summed E-state index contributed by atoms with van der Waals surface area (Å²) < 4.78 is 2.15. The van der Waals surface area contributed by atoms with E-state index in [1.54, 1.807) is 12.4 Å². The van der Waals surface area contributed by atoms with Gasteiger partial charge in [-0.2, -0.15) is 10.4 Å². The average molecular weight is 350 g/mol. The van der Waals surface area contributed by atoms with Gasteiger partial charge in [0.25, 0.3) is 5.69 Å². The van der Waals surface area contributed by atoms with E-state index in [-0.39, 0.29) is 23.5 Å². The first-order valence-electron chi connectivity index (χ1n) is 5.66. The summed E-state index contributed by atoms with van der Waals surface area (Å²) in [6.45, 7) is -0.0343. The summed E-state index contributed by atoms with van der Waals surface area (Å²) in [6.07, 6.45) is 3.17. The molecule has 1 aromatic heterocycles. The lowest BCUT2D eigenvalue weighted by Gasteiger charge is -2.07. The number of nitriles is 1. The van der Waals surface area contributed by atoms with Gasteiger partial charge in [0, 0.05) is 18.3 Å². The molecule has 1 heterocycles. The SMILES string of the molecule is N#Cc1cc([N+](=O)[O-])ccc1NC(=O)Cn1cc(Br)cn1. The lowest BCUT2D eigenvalue weighted by atomic mass is 10.1. The van der Waals surface area contributed by atoms with Crippen LogP contribution in [0.3, 0.4) is 0 Å². The Hall–Kier alpha value is -2.73. The molecule has 0 aliphatic carbocycles. The quantitative estimate of drug-likeness (QED) is 0.670. The third kappa shape index (κ3) is 3.64. The largest absolute Gasteiger partial charge is 0.323 e. The first-order valence-corrected chi connectivity index (χ1v) is 6.45. The molecular formula is C12H8BrN5O3. The second-order valence-electron chi connectivity index (χ2n) is 4.00. The van der Waals surface area contributed by atoms with Gasteiger partial charge in [-0.25, -0.2) is 0 Å². The molecule has 106 valence electrons. The Morgan fingerprint density at radius 2 is 2.33 bits per heavy atom. The third-order valence-corrected chi connectivity index (χ3v) is 2.93. The van der Waals surface area contributed by atoms with Crippen LogP contribution in [-0.2, 0) is 11.3 Å². The van der Waals surface area contributed by atoms with Crippen LogP contribution in [0.2, 0.25) is 0 Å². The van der Waals surface area contributed by atoms with Gasteiger partial charge in [-0.15, -0.1) is 0 Å². The van der Waals surface area contributed by atoms with Gasteiger partial charge in [0.2, 0.25) is 5.91 Å². The number of halogens is 1. The van der Waals surface area contributed by atoms with Crippen LogP contribution in [0.25, 0.3) is 0 Å². The zero-order valence-corrected chi connectivity index (χ0v) is 12.1. The number of hydrogen-bond acceptors (Lipinski definition) is 5. The summed E-state index contributed by atoms with van der Waals surface area (Å²) in [6, 6.07) is 5.48. The van der Waals surface area contributed by atoms with Gasteiger partial charge in [0.15, 0.2) is 0 Å². The van der Waals surface area contributed by atoms with Crippen LogP contribution in [0.4, 0.5) is 11.4 Å². The minimum Gasteiger partial charge on any atom is -0.323 e. The molecule has 0 bridgehead atoms. The van der Waals surface area contributed by atoms with Crippen LogP contribution in [0, 0.1) is 21.4 Å². The highest BCUT2D eigenvalue weighted by Crippen LogP contribution is 2.21. The molecule has 0 atom stereocenters. The minimum absolute atomic E-state index is 0.0270. The number of benzene rings is 1. The van der Waals surface area contributed by atoms with Crippen molar-refractivity contribution in [1.82, 2.24) is 9.78 Å². The number of nitrogens with one attached hydrogen (secondary N) is 1. The van der Waals surface area contributed by atoms with Gasteiger partial charge >= 0.3 is 0 Å². The highest BCUT2D eigenvalue weighted by molar-refractivity contribution is 9.10. The summed E-state index contributed by atoms with van der Waals surface area (Å²) >= 11 is 3.21. The van der Waals surface area contributed by atoms with E-state index in [0.29, 0.717) is 0 Å². The summed E-state index contributed by atoms with van der Waals surface area (Å²) in [4.78, 5) is 21.9. The molecule has 8 nitrogen and oxygen atoms in total. The second-order valence-corrected chi connectivity index (χ2v) is 4.92. The number of nitrogens with zero attached hydrogens (tertiary/aromatic N) is 4. The molecule has 21 heavy (non-hydrogen) atoms. The number of amides is 1. The Labute approximate surface area is 127 Å². The van der Waals surface area contributed by atoms with Gasteiger partial charge in [-0.1, -0.05) is 0 Å². The molecule has 0 fully saturated rings. The van der Waals surface area contributed by atoms with Gasteiger partial charge in [0.05, 0.1) is 26.8 Å². The number of carbonyl (C=O) groups is 1. The molecular weight excluding hydrogens is 342 g/mol. The molecule has 1 amide bonds. The van der Waals surface area contributed by atoms with Crippen molar-refractivity contribution in [3.05, 3.63) is 50.7 Å². The first kappa shape index (κ1) is 14.7. The highest BCUT2D eigenvalue weighted by atomic mass is 79.9. The maximum absolute atomic E-state index is 11.8. The molecule has 0 radical (unpaired) electrons. The number of carbonyl (C=O) groups excluding carboxylic acids is 1. The molecule has 1 N–H and O–H groups in total. The fraction of sp³-hybridized carbons (Fsp3) is 0.0833. The summed E-state index contributed by atoms with van der Waals surface area (Å²) in [7, 11) is 0. The van der Waals surface area contributed by atoms with Crippen molar-refractivity contribution >= 4 is 33.2 Å². The zero-order chi connectivity index (χ0) is 15.4. The van der Waals surface area contributed by atoms with Crippen molar-refractivity contribution in [3.63, 3.8) is 0 Å². The molecule has 2 rings (SSSR count). The van der Waals surface area contributed by atoms with Crippen molar-refractivity contribution in [2.75, 3.05) is 5.32 Å².